The van der Waals surface area contributed by atoms with Gasteiger partial charge in [0.05, 0.1) is 0 Å². The summed E-state index contributed by atoms with van der Waals surface area (Å²) in [6, 6.07) is 3.63. The van der Waals surface area contributed by atoms with Gasteiger partial charge in [0, 0.05) is 11.6 Å². The molecule has 1 aromatic rings. The molecule has 0 aliphatic rings. The Hall–Kier alpha value is -1.64. The Morgan fingerprint density at radius 2 is 2.23 bits per heavy atom. The zero-order chi connectivity index (χ0) is 9.84. The van der Waals surface area contributed by atoms with Crippen molar-refractivity contribution in [2.45, 2.75) is 6.92 Å². The van der Waals surface area contributed by atoms with E-state index in [4.69, 9.17) is 0 Å². The van der Waals surface area contributed by atoms with Crippen molar-refractivity contribution in [3.05, 3.63) is 35.7 Å². The van der Waals surface area contributed by atoms with Crippen LogP contribution in [-0.2, 0) is 4.79 Å². The molecule has 13 heavy (non-hydrogen) atoms. The van der Waals surface area contributed by atoms with Crippen LogP contribution < -0.4 is 0 Å². The fraction of sp³-hybridized carbons (Fsp3) is 0.100. The fourth-order valence-corrected chi connectivity index (χ4v) is 0.865. The summed E-state index contributed by atoms with van der Waals surface area (Å²) in [4.78, 5) is 10.6. The molecule has 0 saturated carbocycles. The summed E-state index contributed by atoms with van der Waals surface area (Å²) in [6.07, 6.45) is 2.75. The zero-order valence-electron chi connectivity index (χ0n) is 7.12. The van der Waals surface area contributed by atoms with Gasteiger partial charge in [0.1, 0.15) is 11.6 Å². The summed E-state index contributed by atoms with van der Waals surface area (Å²) in [7, 11) is 0. The molecular weight excluding hydrogens is 171 g/mol. The van der Waals surface area contributed by atoms with Gasteiger partial charge in [-0.05, 0) is 31.2 Å². The monoisotopic (exact) mass is 180 g/mol. The molecule has 0 spiro atoms. The van der Waals surface area contributed by atoms with E-state index in [2.05, 4.69) is 0 Å². The summed E-state index contributed by atoms with van der Waals surface area (Å²) in [5.74, 6) is -0.793. The van der Waals surface area contributed by atoms with Crippen LogP contribution in [0.4, 0.5) is 4.39 Å². The molecule has 0 aliphatic carbocycles. The highest BCUT2D eigenvalue weighted by molar-refractivity contribution is 5.91. The number of rotatable bonds is 2. The highest BCUT2D eigenvalue weighted by atomic mass is 19.1. The lowest BCUT2D eigenvalue weighted by atomic mass is 10.1. The molecule has 68 valence electrons. The third-order valence-electron chi connectivity index (χ3n) is 1.49. The van der Waals surface area contributed by atoms with Crippen LogP contribution in [0.25, 0.3) is 6.08 Å². The van der Waals surface area contributed by atoms with Gasteiger partial charge in [-0.1, -0.05) is 0 Å². The van der Waals surface area contributed by atoms with E-state index < -0.39 is 5.82 Å². The number of carbonyl (C=O) groups is 1. The molecule has 0 unspecified atom stereocenters. The number of aromatic hydroxyl groups is 1. The van der Waals surface area contributed by atoms with Crippen molar-refractivity contribution < 1.29 is 14.3 Å². The molecule has 0 bridgehead atoms. The minimum absolute atomic E-state index is 0.122. The minimum Gasteiger partial charge on any atom is -0.507 e. The van der Waals surface area contributed by atoms with Crippen LogP contribution in [0.5, 0.6) is 5.75 Å². The molecule has 3 heteroatoms. The number of benzene rings is 1. The van der Waals surface area contributed by atoms with Crippen molar-refractivity contribution in [2.75, 3.05) is 0 Å². The van der Waals surface area contributed by atoms with Gasteiger partial charge in [-0.2, -0.15) is 0 Å². The van der Waals surface area contributed by atoms with Gasteiger partial charge in [0.25, 0.3) is 0 Å². The van der Waals surface area contributed by atoms with Crippen LogP contribution in [0.1, 0.15) is 12.5 Å². The average Bonchev–Trinajstić information content (AvgIpc) is 2.02. The Labute approximate surface area is 75.3 Å². The molecule has 0 fully saturated rings. The lowest BCUT2D eigenvalue weighted by Gasteiger charge is -1.97. The molecule has 0 heterocycles. The van der Waals surface area contributed by atoms with E-state index in [1.54, 1.807) is 0 Å². The Bertz CT molecular complexity index is 356. The molecule has 1 N–H and O–H groups in total. The van der Waals surface area contributed by atoms with Gasteiger partial charge in [0.2, 0.25) is 0 Å². The van der Waals surface area contributed by atoms with Gasteiger partial charge >= 0.3 is 0 Å². The number of hydrogen-bond donors (Lipinski definition) is 1. The molecule has 0 atom stereocenters. The summed E-state index contributed by atoms with van der Waals surface area (Å²) in [5, 5.41) is 9.20. The third-order valence-corrected chi connectivity index (χ3v) is 1.49. The standard InChI is InChI=1S/C10H9FO2/c1-7(12)2-3-8-4-5-9(11)6-10(8)13/h2-6,13H,1H3/b3-2+. The van der Waals surface area contributed by atoms with E-state index >= 15 is 0 Å². The van der Waals surface area contributed by atoms with Crippen molar-refractivity contribution in [2.24, 2.45) is 0 Å². The average molecular weight is 180 g/mol. The van der Waals surface area contributed by atoms with Crippen LogP contribution in [0, 0.1) is 5.82 Å². The van der Waals surface area contributed by atoms with E-state index in [9.17, 15) is 14.3 Å². The summed E-state index contributed by atoms with van der Waals surface area (Å²) in [6.45, 7) is 1.40. The van der Waals surface area contributed by atoms with E-state index in [1.165, 1.54) is 31.2 Å². The number of allylic oxidation sites excluding steroid dienone is 1. The largest absolute Gasteiger partial charge is 0.507 e. The van der Waals surface area contributed by atoms with Crippen LogP contribution in [-0.4, -0.2) is 10.9 Å². The van der Waals surface area contributed by atoms with Crippen LogP contribution in [0.2, 0.25) is 0 Å². The van der Waals surface area contributed by atoms with Gasteiger partial charge in [-0.15, -0.1) is 0 Å². The first-order valence-corrected chi connectivity index (χ1v) is 3.77. The van der Waals surface area contributed by atoms with Gasteiger partial charge in [-0.25, -0.2) is 4.39 Å². The maximum absolute atomic E-state index is 12.5. The number of phenolic OH excluding ortho intramolecular Hbond substituents is 1. The van der Waals surface area contributed by atoms with E-state index in [1.807, 2.05) is 0 Å². The Kier molecular flexibility index (Phi) is 2.80. The number of ketones is 1. The predicted molar refractivity (Wildman–Crippen MR) is 47.8 cm³/mol. The smallest absolute Gasteiger partial charge is 0.152 e. The Balaban J connectivity index is 2.96. The fourth-order valence-electron chi connectivity index (χ4n) is 0.865. The van der Waals surface area contributed by atoms with Gasteiger partial charge < -0.3 is 5.11 Å². The van der Waals surface area contributed by atoms with E-state index in [-0.39, 0.29) is 11.5 Å². The third kappa shape index (κ3) is 2.71. The van der Waals surface area contributed by atoms with E-state index in [0.29, 0.717) is 5.56 Å². The molecule has 0 radical (unpaired) electrons. The maximum Gasteiger partial charge on any atom is 0.152 e. The summed E-state index contributed by atoms with van der Waals surface area (Å²) in [5.41, 5.74) is 0.427. The highest BCUT2D eigenvalue weighted by Crippen LogP contribution is 2.19. The molecule has 1 rings (SSSR count). The quantitative estimate of drug-likeness (QED) is 0.708. The molecule has 1 aromatic carbocycles. The van der Waals surface area contributed by atoms with Crippen molar-refractivity contribution in [1.29, 1.82) is 0 Å². The predicted octanol–water partition coefficient (Wildman–Crippen LogP) is 2.13. The van der Waals surface area contributed by atoms with E-state index in [0.717, 1.165) is 6.07 Å². The van der Waals surface area contributed by atoms with Crippen molar-refractivity contribution in [1.82, 2.24) is 0 Å². The number of phenols is 1. The number of carbonyl (C=O) groups excluding carboxylic acids is 1. The molecule has 0 aliphatic heterocycles. The highest BCUT2D eigenvalue weighted by Gasteiger charge is 1.98. The minimum atomic E-state index is -0.502. The SMILES string of the molecule is CC(=O)/C=C/c1ccc(F)cc1O. The zero-order valence-corrected chi connectivity index (χ0v) is 7.12. The maximum atomic E-state index is 12.5. The lowest BCUT2D eigenvalue weighted by Crippen LogP contribution is -1.82. The summed E-state index contributed by atoms with van der Waals surface area (Å²) >= 11 is 0. The second-order valence-corrected chi connectivity index (χ2v) is 2.65. The second-order valence-electron chi connectivity index (χ2n) is 2.65. The summed E-state index contributed by atoms with van der Waals surface area (Å²) < 4.78 is 12.5. The van der Waals surface area contributed by atoms with Crippen molar-refractivity contribution in [3.8, 4) is 5.75 Å². The Morgan fingerprint density at radius 1 is 1.54 bits per heavy atom. The van der Waals surface area contributed by atoms with Gasteiger partial charge in [0.15, 0.2) is 5.78 Å². The molecule has 2 nitrogen and oxygen atoms in total. The first kappa shape index (κ1) is 9.45. The van der Waals surface area contributed by atoms with Crippen LogP contribution in [0.3, 0.4) is 0 Å². The first-order chi connectivity index (χ1) is 6.09. The topological polar surface area (TPSA) is 37.3 Å². The van der Waals surface area contributed by atoms with Crippen LogP contribution >= 0.6 is 0 Å². The Morgan fingerprint density at radius 3 is 2.77 bits per heavy atom. The molecule has 0 amide bonds. The number of hydrogen-bond acceptors (Lipinski definition) is 2. The van der Waals surface area contributed by atoms with Gasteiger partial charge in [-0.3, -0.25) is 4.79 Å². The first-order valence-electron chi connectivity index (χ1n) is 3.77. The van der Waals surface area contributed by atoms with Crippen LogP contribution in [0.15, 0.2) is 24.3 Å². The normalized spacial score (nSPS) is 10.6. The molecule has 0 saturated heterocycles. The number of halogens is 1. The lowest BCUT2D eigenvalue weighted by molar-refractivity contribution is -0.112. The molecule has 0 aromatic heterocycles. The molecular formula is C10H9FO2. The van der Waals surface area contributed by atoms with Crippen molar-refractivity contribution in [3.63, 3.8) is 0 Å². The second kappa shape index (κ2) is 3.85. The van der Waals surface area contributed by atoms with Crippen molar-refractivity contribution >= 4 is 11.9 Å².